The first-order valence-corrected chi connectivity index (χ1v) is 4.14. The molecule has 0 saturated heterocycles. The lowest BCUT2D eigenvalue weighted by Gasteiger charge is -2.01. The van der Waals surface area contributed by atoms with E-state index in [0.717, 1.165) is 9.13 Å². The Morgan fingerprint density at radius 1 is 1.70 bits per heavy atom. The quantitative estimate of drug-likeness (QED) is 0.733. The Balaban J connectivity index is 3.34. The summed E-state index contributed by atoms with van der Waals surface area (Å²) in [6, 6.07) is 0. The molecule has 0 bridgehead atoms. The van der Waals surface area contributed by atoms with Crippen molar-refractivity contribution in [1.82, 2.24) is 4.98 Å². The van der Waals surface area contributed by atoms with Crippen LogP contribution in [0.3, 0.4) is 0 Å². The third-order valence-corrected chi connectivity index (χ3v) is 3.25. The van der Waals surface area contributed by atoms with E-state index in [1.165, 1.54) is 0 Å². The number of anilines is 1. The molecule has 0 aromatic carbocycles. The van der Waals surface area contributed by atoms with Crippen molar-refractivity contribution in [1.29, 1.82) is 0 Å². The van der Waals surface area contributed by atoms with Crippen LogP contribution in [0.2, 0.25) is 5.02 Å². The van der Waals surface area contributed by atoms with Gasteiger partial charge in [-0.15, -0.1) is 0 Å². The summed E-state index contributed by atoms with van der Waals surface area (Å²) in [5.74, 6) is 0.400. The molecule has 0 fully saturated rings. The molecule has 0 aliphatic carbocycles. The van der Waals surface area contributed by atoms with Crippen LogP contribution in [0.1, 0.15) is 5.56 Å². The van der Waals surface area contributed by atoms with Gasteiger partial charge in [0.25, 0.3) is 0 Å². The van der Waals surface area contributed by atoms with E-state index in [-0.39, 0.29) is 0 Å². The Kier molecular flexibility index (Phi) is 2.36. The first kappa shape index (κ1) is 8.07. The fraction of sp³-hybridized carbons (Fsp3) is 0.167. The normalized spacial score (nSPS) is 9.90. The molecule has 0 unspecified atom stereocenters. The SMILES string of the molecule is Cc1cnc(N)c(Cl)c1I. The molecular weight excluding hydrogens is 262 g/mol. The lowest BCUT2D eigenvalue weighted by atomic mass is 10.3. The average molecular weight is 268 g/mol. The minimum absolute atomic E-state index is 0.400. The van der Waals surface area contributed by atoms with Crippen LogP contribution < -0.4 is 5.73 Å². The highest BCUT2D eigenvalue weighted by atomic mass is 127. The number of pyridine rings is 1. The smallest absolute Gasteiger partial charge is 0.143 e. The van der Waals surface area contributed by atoms with E-state index < -0.39 is 0 Å². The van der Waals surface area contributed by atoms with Crippen molar-refractivity contribution in [3.05, 3.63) is 20.4 Å². The maximum Gasteiger partial charge on any atom is 0.143 e. The van der Waals surface area contributed by atoms with Crippen LogP contribution in [0.5, 0.6) is 0 Å². The molecule has 1 aromatic rings. The molecule has 4 heteroatoms. The second-order valence-electron chi connectivity index (χ2n) is 1.95. The van der Waals surface area contributed by atoms with E-state index in [1.807, 2.05) is 6.92 Å². The van der Waals surface area contributed by atoms with Crippen LogP contribution in [-0.2, 0) is 0 Å². The van der Waals surface area contributed by atoms with E-state index in [1.54, 1.807) is 6.20 Å². The molecule has 0 radical (unpaired) electrons. The largest absolute Gasteiger partial charge is 0.382 e. The van der Waals surface area contributed by atoms with Gasteiger partial charge in [-0.1, -0.05) is 11.6 Å². The summed E-state index contributed by atoms with van der Waals surface area (Å²) in [4.78, 5) is 3.88. The molecule has 1 rings (SSSR count). The predicted molar refractivity (Wildman–Crippen MR) is 51.1 cm³/mol. The van der Waals surface area contributed by atoms with E-state index in [2.05, 4.69) is 27.6 Å². The third kappa shape index (κ3) is 1.34. The zero-order chi connectivity index (χ0) is 7.72. The Hall–Kier alpha value is -0.0300. The van der Waals surface area contributed by atoms with Gasteiger partial charge in [-0.2, -0.15) is 0 Å². The zero-order valence-corrected chi connectivity index (χ0v) is 8.27. The summed E-state index contributed by atoms with van der Waals surface area (Å²) < 4.78 is 0.978. The van der Waals surface area contributed by atoms with Crippen molar-refractivity contribution in [2.24, 2.45) is 0 Å². The number of rotatable bonds is 0. The third-order valence-electron chi connectivity index (χ3n) is 1.16. The Morgan fingerprint density at radius 3 is 2.80 bits per heavy atom. The van der Waals surface area contributed by atoms with Crippen molar-refractivity contribution in [3.63, 3.8) is 0 Å². The minimum atomic E-state index is 0.400. The summed E-state index contributed by atoms with van der Waals surface area (Å²) in [7, 11) is 0. The first-order chi connectivity index (χ1) is 4.63. The molecule has 54 valence electrons. The number of nitrogen functional groups attached to an aromatic ring is 1. The Morgan fingerprint density at radius 2 is 2.30 bits per heavy atom. The average Bonchev–Trinajstić information content (AvgIpc) is 1.93. The molecule has 1 aromatic heterocycles. The summed E-state index contributed by atoms with van der Waals surface area (Å²) in [6.45, 7) is 1.94. The van der Waals surface area contributed by atoms with Gasteiger partial charge in [0.05, 0.1) is 5.02 Å². The molecule has 10 heavy (non-hydrogen) atoms. The molecule has 0 amide bonds. The Bertz CT molecular complexity index is 235. The van der Waals surface area contributed by atoms with Crippen LogP contribution >= 0.6 is 34.2 Å². The van der Waals surface area contributed by atoms with Gasteiger partial charge < -0.3 is 5.73 Å². The van der Waals surface area contributed by atoms with E-state index in [4.69, 9.17) is 17.3 Å². The van der Waals surface area contributed by atoms with Gasteiger partial charge in [0.1, 0.15) is 5.82 Å². The zero-order valence-electron chi connectivity index (χ0n) is 5.36. The summed E-state index contributed by atoms with van der Waals surface area (Å²) in [5, 5.41) is 0.556. The number of halogens is 2. The fourth-order valence-electron chi connectivity index (χ4n) is 0.565. The lowest BCUT2D eigenvalue weighted by Crippen LogP contribution is -1.94. The minimum Gasteiger partial charge on any atom is -0.382 e. The first-order valence-electron chi connectivity index (χ1n) is 2.69. The number of nitrogens with zero attached hydrogens (tertiary/aromatic N) is 1. The molecular formula is C6H6ClIN2. The molecule has 1 heterocycles. The topological polar surface area (TPSA) is 38.9 Å². The predicted octanol–water partition coefficient (Wildman–Crippen LogP) is 2.23. The highest BCUT2D eigenvalue weighted by molar-refractivity contribution is 14.1. The second kappa shape index (κ2) is 2.92. The van der Waals surface area contributed by atoms with Crippen LogP contribution in [0.25, 0.3) is 0 Å². The van der Waals surface area contributed by atoms with E-state index in [9.17, 15) is 0 Å². The van der Waals surface area contributed by atoms with Crippen molar-refractivity contribution in [2.75, 3.05) is 5.73 Å². The van der Waals surface area contributed by atoms with Gasteiger partial charge in [-0.05, 0) is 35.1 Å². The van der Waals surface area contributed by atoms with Gasteiger partial charge in [0.2, 0.25) is 0 Å². The molecule has 0 atom stereocenters. The monoisotopic (exact) mass is 268 g/mol. The summed E-state index contributed by atoms with van der Waals surface area (Å²) in [5.41, 5.74) is 6.50. The van der Waals surface area contributed by atoms with Crippen LogP contribution in [-0.4, -0.2) is 4.98 Å². The van der Waals surface area contributed by atoms with E-state index >= 15 is 0 Å². The molecule has 0 spiro atoms. The van der Waals surface area contributed by atoms with Crippen LogP contribution in [0.4, 0.5) is 5.82 Å². The molecule has 2 nitrogen and oxygen atoms in total. The number of aryl methyl sites for hydroxylation is 1. The van der Waals surface area contributed by atoms with Crippen LogP contribution in [0.15, 0.2) is 6.20 Å². The maximum absolute atomic E-state index is 5.79. The Labute approximate surface area is 77.9 Å². The van der Waals surface area contributed by atoms with Gasteiger partial charge in [-0.25, -0.2) is 4.98 Å². The number of hydrogen-bond donors (Lipinski definition) is 1. The molecule has 0 aliphatic heterocycles. The number of nitrogens with two attached hydrogens (primary N) is 1. The van der Waals surface area contributed by atoms with Crippen molar-refractivity contribution >= 4 is 40.0 Å². The van der Waals surface area contributed by atoms with Gasteiger partial charge in [-0.3, -0.25) is 0 Å². The standard InChI is InChI=1S/C6H6ClIN2/c1-3-2-10-6(9)4(7)5(3)8/h2H,1H3,(H2,9,10). The number of hydrogen-bond acceptors (Lipinski definition) is 2. The van der Waals surface area contributed by atoms with E-state index in [0.29, 0.717) is 10.8 Å². The second-order valence-corrected chi connectivity index (χ2v) is 3.41. The highest BCUT2D eigenvalue weighted by Crippen LogP contribution is 2.24. The fourth-order valence-corrected chi connectivity index (χ4v) is 1.18. The van der Waals surface area contributed by atoms with Gasteiger partial charge in [0.15, 0.2) is 0 Å². The van der Waals surface area contributed by atoms with Crippen LogP contribution in [0, 0.1) is 10.5 Å². The van der Waals surface area contributed by atoms with Gasteiger partial charge >= 0.3 is 0 Å². The molecule has 0 saturated carbocycles. The highest BCUT2D eigenvalue weighted by Gasteiger charge is 2.03. The lowest BCUT2D eigenvalue weighted by molar-refractivity contribution is 1.26. The van der Waals surface area contributed by atoms with Crippen molar-refractivity contribution < 1.29 is 0 Å². The van der Waals surface area contributed by atoms with Crippen molar-refractivity contribution in [3.8, 4) is 0 Å². The summed E-state index contributed by atoms with van der Waals surface area (Å²) in [6.07, 6.45) is 1.71. The maximum atomic E-state index is 5.79. The summed E-state index contributed by atoms with van der Waals surface area (Å²) >= 11 is 7.93. The van der Waals surface area contributed by atoms with Crippen molar-refractivity contribution in [2.45, 2.75) is 6.92 Å². The molecule has 2 N–H and O–H groups in total. The molecule has 0 aliphatic rings. The van der Waals surface area contributed by atoms with Gasteiger partial charge in [0, 0.05) is 9.77 Å². The number of aromatic nitrogens is 1.